The van der Waals surface area contributed by atoms with Crippen molar-refractivity contribution in [3.63, 3.8) is 0 Å². The molecule has 41 heavy (non-hydrogen) atoms. The second-order valence-electron chi connectivity index (χ2n) is 9.19. The molecule has 4 aromatic carbocycles. The summed E-state index contributed by atoms with van der Waals surface area (Å²) in [7, 11) is 0. The Morgan fingerprint density at radius 1 is 0.756 bits per heavy atom. The molecule has 0 spiro atoms. The lowest BCUT2D eigenvalue weighted by Gasteiger charge is -2.09. The van der Waals surface area contributed by atoms with Gasteiger partial charge in [-0.15, -0.1) is 0 Å². The molecule has 0 fully saturated rings. The van der Waals surface area contributed by atoms with Crippen LogP contribution in [0.1, 0.15) is 29.2 Å². The Kier molecular flexibility index (Phi) is 9.95. The summed E-state index contributed by atoms with van der Waals surface area (Å²) in [4.78, 5) is 23.0. The number of nitrogens with one attached hydrogen (secondary N) is 3. The smallest absolute Gasteiger partial charge is 0.255 e. The fraction of sp³-hybridized carbons (Fsp3) is 0.125. The highest BCUT2D eigenvalue weighted by Gasteiger charge is 2.20. The van der Waals surface area contributed by atoms with Gasteiger partial charge >= 0.3 is 0 Å². The maximum atomic E-state index is 11.8. The molecule has 1 unspecified atom stereocenters. The van der Waals surface area contributed by atoms with Gasteiger partial charge in [-0.2, -0.15) is 5.10 Å². The summed E-state index contributed by atoms with van der Waals surface area (Å²) >= 11 is 0. The van der Waals surface area contributed by atoms with Gasteiger partial charge < -0.3 is 14.9 Å². The zero-order valence-corrected chi connectivity index (χ0v) is 22.4. The summed E-state index contributed by atoms with van der Waals surface area (Å²) in [6.45, 7) is 2.23. The maximum Gasteiger partial charge on any atom is 0.255 e. The van der Waals surface area contributed by atoms with Crippen LogP contribution in [-0.2, 0) is 22.8 Å². The van der Waals surface area contributed by atoms with Crippen molar-refractivity contribution < 1.29 is 24.3 Å². The standard InChI is InChI=1S/C32H30N4O5/c1-22(32(38)36-39)31(37)35-34-19-24-8-16-30(17-9-24)41-21-26-4-12-28(13-5-26)27-10-2-25(3-11-27)20-40-29-14-6-23(18-33)7-15-29/h2-19,22,33,39H,20-21H2,1H3,(H,35,37)(H,36,38)/b33-18?,34-19+. The van der Waals surface area contributed by atoms with E-state index < -0.39 is 17.7 Å². The minimum atomic E-state index is -1.07. The van der Waals surface area contributed by atoms with Crippen molar-refractivity contribution in [1.29, 1.82) is 5.41 Å². The Balaban J connectivity index is 1.23. The van der Waals surface area contributed by atoms with Gasteiger partial charge in [0.25, 0.3) is 11.8 Å². The fourth-order valence-electron chi connectivity index (χ4n) is 3.71. The largest absolute Gasteiger partial charge is 0.489 e. The average Bonchev–Trinajstić information content (AvgIpc) is 3.03. The zero-order chi connectivity index (χ0) is 29.0. The van der Waals surface area contributed by atoms with Gasteiger partial charge in [0, 0.05) is 6.21 Å². The first-order chi connectivity index (χ1) is 19.9. The van der Waals surface area contributed by atoms with E-state index in [2.05, 4.69) is 46.9 Å². The lowest BCUT2D eigenvalue weighted by atomic mass is 10.0. The Morgan fingerprint density at radius 2 is 1.22 bits per heavy atom. The van der Waals surface area contributed by atoms with Crippen LogP contribution in [0.4, 0.5) is 0 Å². The Labute approximate surface area is 237 Å². The number of rotatable bonds is 12. The highest BCUT2D eigenvalue weighted by molar-refractivity contribution is 5.99. The molecule has 0 radical (unpaired) electrons. The summed E-state index contributed by atoms with van der Waals surface area (Å²) in [6.07, 6.45) is 2.75. The number of nitrogens with zero attached hydrogens (tertiary/aromatic N) is 1. The van der Waals surface area contributed by atoms with E-state index in [0.717, 1.165) is 39.1 Å². The van der Waals surface area contributed by atoms with Crippen LogP contribution < -0.4 is 20.4 Å². The van der Waals surface area contributed by atoms with Gasteiger partial charge in [-0.1, -0.05) is 48.5 Å². The summed E-state index contributed by atoms with van der Waals surface area (Å²) in [5.41, 5.74) is 9.57. The van der Waals surface area contributed by atoms with E-state index in [1.165, 1.54) is 24.8 Å². The number of amides is 2. The first-order valence-corrected chi connectivity index (χ1v) is 12.9. The van der Waals surface area contributed by atoms with E-state index in [-0.39, 0.29) is 0 Å². The Hall–Kier alpha value is -5.28. The van der Waals surface area contributed by atoms with Crippen LogP contribution in [0, 0.1) is 11.3 Å². The van der Waals surface area contributed by atoms with Gasteiger partial charge in [0.1, 0.15) is 30.6 Å². The first kappa shape index (κ1) is 28.7. The normalized spacial score (nSPS) is 11.5. The van der Waals surface area contributed by atoms with E-state index in [1.807, 2.05) is 36.4 Å². The number of carbonyl (C=O) groups excluding carboxylic acids is 2. The van der Waals surface area contributed by atoms with Crippen molar-refractivity contribution in [2.24, 2.45) is 11.0 Å². The molecule has 0 aliphatic rings. The van der Waals surface area contributed by atoms with Crippen LogP contribution in [0.3, 0.4) is 0 Å². The second-order valence-corrected chi connectivity index (χ2v) is 9.19. The van der Waals surface area contributed by atoms with Gasteiger partial charge in [-0.3, -0.25) is 14.8 Å². The van der Waals surface area contributed by atoms with Crippen LogP contribution in [0.5, 0.6) is 11.5 Å². The quantitative estimate of drug-likeness (QED) is 0.0843. The lowest BCUT2D eigenvalue weighted by molar-refractivity contribution is -0.139. The molecule has 9 heteroatoms. The van der Waals surface area contributed by atoms with Crippen LogP contribution >= 0.6 is 0 Å². The molecule has 9 nitrogen and oxygen atoms in total. The summed E-state index contributed by atoms with van der Waals surface area (Å²) in [6, 6.07) is 31.1. The predicted octanol–water partition coefficient (Wildman–Crippen LogP) is 5.10. The third-order valence-electron chi connectivity index (χ3n) is 6.26. The molecule has 0 aromatic heterocycles. The van der Waals surface area contributed by atoms with Gasteiger partial charge in [0.15, 0.2) is 0 Å². The Morgan fingerprint density at radius 3 is 1.66 bits per heavy atom. The molecular formula is C32H30N4O5. The summed E-state index contributed by atoms with van der Waals surface area (Å²) in [5.74, 6) is -1.06. The van der Waals surface area contributed by atoms with E-state index in [0.29, 0.717) is 19.0 Å². The van der Waals surface area contributed by atoms with Crippen LogP contribution in [0.15, 0.2) is 102 Å². The van der Waals surface area contributed by atoms with E-state index in [9.17, 15) is 9.59 Å². The van der Waals surface area contributed by atoms with Crippen LogP contribution in [0.25, 0.3) is 11.1 Å². The highest BCUT2D eigenvalue weighted by Crippen LogP contribution is 2.22. The van der Waals surface area contributed by atoms with E-state index in [1.54, 1.807) is 24.3 Å². The fourth-order valence-corrected chi connectivity index (χ4v) is 3.71. The first-order valence-electron chi connectivity index (χ1n) is 12.9. The van der Waals surface area contributed by atoms with Gasteiger partial charge in [-0.25, -0.2) is 10.9 Å². The van der Waals surface area contributed by atoms with Gasteiger partial charge in [0.05, 0.1) is 6.21 Å². The molecule has 4 N–H and O–H groups in total. The van der Waals surface area contributed by atoms with Crippen molar-refractivity contribution in [2.75, 3.05) is 0 Å². The minimum Gasteiger partial charge on any atom is -0.489 e. The topological polar surface area (TPSA) is 133 Å². The molecule has 0 saturated carbocycles. The monoisotopic (exact) mass is 550 g/mol. The molecule has 4 rings (SSSR count). The third-order valence-corrected chi connectivity index (χ3v) is 6.26. The van der Waals surface area contributed by atoms with E-state index >= 15 is 0 Å². The zero-order valence-electron chi connectivity index (χ0n) is 22.4. The number of hydrogen-bond acceptors (Lipinski definition) is 7. The van der Waals surface area contributed by atoms with Crippen molar-refractivity contribution >= 4 is 24.2 Å². The number of hydrogen-bond donors (Lipinski definition) is 4. The molecule has 0 aliphatic carbocycles. The molecule has 208 valence electrons. The minimum absolute atomic E-state index is 0.408. The maximum absolute atomic E-state index is 11.8. The van der Waals surface area contributed by atoms with Crippen molar-refractivity contribution in [3.05, 3.63) is 119 Å². The molecule has 0 bridgehead atoms. The van der Waals surface area contributed by atoms with E-state index in [4.69, 9.17) is 20.1 Å². The third kappa shape index (κ3) is 8.35. The number of hydroxylamine groups is 1. The lowest BCUT2D eigenvalue weighted by Crippen LogP contribution is -2.36. The van der Waals surface area contributed by atoms with Crippen molar-refractivity contribution in [3.8, 4) is 22.6 Å². The summed E-state index contributed by atoms with van der Waals surface area (Å²) < 4.78 is 11.7. The summed E-state index contributed by atoms with van der Waals surface area (Å²) in [5, 5.41) is 19.7. The molecule has 0 saturated heterocycles. The molecule has 0 aliphatic heterocycles. The van der Waals surface area contributed by atoms with Gasteiger partial charge in [-0.05, 0) is 88.8 Å². The van der Waals surface area contributed by atoms with Gasteiger partial charge in [0.2, 0.25) is 0 Å². The second kappa shape index (κ2) is 14.2. The average molecular weight is 551 g/mol. The van der Waals surface area contributed by atoms with Crippen molar-refractivity contribution in [2.45, 2.75) is 20.1 Å². The predicted molar refractivity (Wildman–Crippen MR) is 156 cm³/mol. The van der Waals surface area contributed by atoms with Crippen LogP contribution in [0.2, 0.25) is 0 Å². The number of hydrazone groups is 1. The highest BCUT2D eigenvalue weighted by atomic mass is 16.5. The Bertz CT molecular complexity index is 1480. The molecule has 0 heterocycles. The van der Waals surface area contributed by atoms with Crippen LogP contribution in [-0.4, -0.2) is 29.5 Å². The molecular weight excluding hydrogens is 520 g/mol. The molecule has 4 aromatic rings. The number of benzene rings is 4. The molecule has 1 atom stereocenters. The van der Waals surface area contributed by atoms with Crippen molar-refractivity contribution in [1.82, 2.24) is 10.9 Å². The number of carbonyl (C=O) groups is 2. The SMILES string of the molecule is CC(C(=O)NO)C(=O)N/N=C/c1ccc(OCc2ccc(-c3ccc(COc4ccc(C=N)cc4)cc3)cc2)cc1. The molecule has 2 amide bonds. The number of ether oxygens (including phenoxy) is 2.